The molecule has 0 saturated carbocycles. The van der Waals surface area contributed by atoms with Gasteiger partial charge in [-0.25, -0.2) is 0 Å². The second kappa shape index (κ2) is 6.28. The van der Waals surface area contributed by atoms with E-state index in [0.29, 0.717) is 26.3 Å². The minimum absolute atomic E-state index is 0.0759. The summed E-state index contributed by atoms with van der Waals surface area (Å²) in [6, 6.07) is 0. The molecule has 88 valence electrons. The molecule has 0 aromatic heterocycles. The highest BCUT2D eigenvalue weighted by molar-refractivity contribution is 5.96. The molecule has 16 heavy (non-hydrogen) atoms. The van der Waals surface area contributed by atoms with Crippen LogP contribution in [0.1, 0.15) is 13.8 Å². The molecule has 0 radical (unpaired) electrons. The van der Waals surface area contributed by atoms with Gasteiger partial charge in [0.1, 0.15) is 0 Å². The molecule has 0 aromatic rings. The lowest BCUT2D eigenvalue weighted by Crippen LogP contribution is -2.41. The van der Waals surface area contributed by atoms with Crippen molar-refractivity contribution in [1.82, 2.24) is 4.90 Å². The standard InChI is InChI=1S/C13H19NO2/c1-4-11(3)10-12(5-2)13(15)14-6-8-16-9-7-14/h4-5,10H,1,6-9H2,2-3H3/b11-10-,12-5+. The number of ether oxygens (including phenoxy) is 1. The molecule has 0 aromatic carbocycles. The predicted octanol–water partition coefficient (Wildman–Crippen LogP) is 1.92. The van der Waals surface area contributed by atoms with E-state index in [0.717, 1.165) is 11.1 Å². The molecule has 0 bridgehead atoms. The Hall–Kier alpha value is -1.35. The van der Waals surface area contributed by atoms with Crippen LogP contribution in [0.4, 0.5) is 0 Å². The van der Waals surface area contributed by atoms with Crippen molar-refractivity contribution >= 4 is 5.91 Å². The van der Waals surface area contributed by atoms with Crippen LogP contribution < -0.4 is 0 Å². The van der Waals surface area contributed by atoms with Crippen molar-refractivity contribution < 1.29 is 9.53 Å². The number of carbonyl (C=O) groups is 1. The van der Waals surface area contributed by atoms with Crippen molar-refractivity contribution in [3.05, 3.63) is 36.0 Å². The van der Waals surface area contributed by atoms with Gasteiger partial charge in [0, 0.05) is 18.7 Å². The summed E-state index contributed by atoms with van der Waals surface area (Å²) < 4.78 is 5.22. The number of allylic oxidation sites excluding steroid dienone is 3. The Kier molecular flexibility index (Phi) is 4.99. The van der Waals surface area contributed by atoms with Crippen LogP contribution in [0.2, 0.25) is 0 Å². The van der Waals surface area contributed by atoms with Gasteiger partial charge in [0.05, 0.1) is 13.2 Å². The van der Waals surface area contributed by atoms with Crippen LogP contribution in [0.3, 0.4) is 0 Å². The molecular formula is C13H19NO2. The highest BCUT2D eigenvalue weighted by Gasteiger charge is 2.18. The molecule has 1 saturated heterocycles. The van der Waals surface area contributed by atoms with Gasteiger partial charge in [-0.1, -0.05) is 24.3 Å². The van der Waals surface area contributed by atoms with Crippen molar-refractivity contribution in [3.8, 4) is 0 Å². The first-order valence-corrected chi connectivity index (χ1v) is 5.53. The van der Waals surface area contributed by atoms with Crippen LogP contribution in [0, 0.1) is 0 Å². The molecule has 0 unspecified atom stereocenters. The average molecular weight is 221 g/mol. The van der Waals surface area contributed by atoms with E-state index in [1.807, 2.05) is 30.9 Å². The van der Waals surface area contributed by atoms with E-state index in [9.17, 15) is 4.79 Å². The highest BCUT2D eigenvalue weighted by atomic mass is 16.5. The third-order valence-electron chi connectivity index (χ3n) is 2.56. The van der Waals surface area contributed by atoms with Crippen molar-refractivity contribution in [2.24, 2.45) is 0 Å². The Morgan fingerprint density at radius 3 is 2.50 bits per heavy atom. The zero-order chi connectivity index (χ0) is 12.0. The summed E-state index contributed by atoms with van der Waals surface area (Å²) in [5.74, 6) is 0.0759. The molecule has 1 aliphatic heterocycles. The van der Waals surface area contributed by atoms with E-state index in [2.05, 4.69) is 6.58 Å². The molecular weight excluding hydrogens is 202 g/mol. The molecule has 1 fully saturated rings. The molecule has 3 heteroatoms. The molecule has 1 rings (SSSR count). The van der Waals surface area contributed by atoms with Crippen molar-refractivity contribution in [2.45, 2.75) is 13.8 Å². The highest BCUT2D eigenvalue weighted by Crippen LogP contribution is 2.09. The Labute approximate surface area is 97.1 Å². The topological polar surface area (TPSA) is 29.5 Å². The zero-order valence-electron chi connectivity index (χ0n) is 10.0. The second-order valence-electron chi connectivity index (χ2n) is 3.74. The maximum absolute atomic E-state index is 12.1. The van der Waals surface area contributed by atoms with Crippen LogP contribution in [0.15, 0.2) is 36.0 Å². The molecule has 0 aliphatic carbocycles. The number of amides is 1. The van der Waals surface area contributed by atoms with E-state index in [1.54, 1.807) is 6.08 Å². The normalized spacial score (nSPS) is 18.5. The van der Waals surface area contributed by atoms with Crippen LogP contribution in [0.25, 0.3) is 0 Å². The van der Waals surface area contributed by atoms with Gasteiger partial charge in [-0.15, -0.1) is 0 Å². The van der Waals surface area contributed by atoms with Crippen molar-refractivity contribution in [3.63, 3.8) is 0 Å². The van der Waals surface area contributed by atoms with Crippen LogP contribution in [-0.2, 0) is 9.53 Å². The summed E-state index contributed by atoms with van der Waals surface area (Å²) in [6.45, 7) is 10.1. The Morgan fingerprint density at radius 1 is 1.38 bits per heavy atom. The van der Waals surface area contributed by atoms with Gasteiger partial charge in [0.15, 0.2) is 0 Å². The maximum Gasteiger partial charge on any atom is 0.253 e. The quantitative estimate of drug-likeness (QED) is 0.538. The van der Waals surface area contributed by atoms with Crippen LogP contribution >= 0.6 is 0 Å². The smallest absolute Gasteiger partial charge is 0.253 e. The van der Waals surface area contributed by atoms with Gasteiger partial charge < -0.3 is 9.64 Å². The molecule has 1 amide bonds. The van der Waals surface area contributed by atoms with Crippen molar-refractivity contribution in [1.29, 1.82) is 0 Å². The first kappa shape index (κ1) is 12.7. The van der Waals surface area contributed by atoms with Gasteiger partial charge >= 0.3 is 0 Å². The fraction of sp³-hybridized carbons (Fsp3) is 0.462. The average Bonchev–Trinajstić information content (AvgIpc) is 2.35. The van der Waals surface area contributed by atoms with E-state index in [-0.39, 0.29) is 5.91 Å². The Bertz CT molecular complexity index is 323. The minimum Gasteiger partial charge on any atom is -0.378 e. The monoisotopic (exact) mass is 221 g/mol. The summed E-state index contributed by atoms with van der Waals surface area (Å²) in [6.07, 6.45) is 5.45. The van der Waals surface area contributed by atoms with Crippen LogP contribution in [0.5, 0.6) is 0 Å². The number of hydrogen-bond acceptors (Lipinski definition) is 2. The van der Waals surface area contributed by atoms with E-state index < -0.39 is 0 Å². The molecule has 1 aliphatic rings. The number of hydrogen-bond donors (Lipinski definition) is 0. The van der Waals surface area contributed by atoms with Gasteiger partial charge in [-0.3, -0.25) is 4.79 Å². The number of nitrogens with zero attached hydrogens (tertiary/aromatic N) is 1. The molecule has 1 heterocycles. The predicted molar refractivity (Wildman–Crippen MR) is 65.1 cm³/mol. The molecule has 0 N–H and O–H groups in total. The number of rotatable bonds is 3. The lowest BCUT2D eigenvalue weighted by atomic mass is 10.1. The number of morpholine rings is 1. The van der Waals surface area contributed by atoms with Crippen molar-refractivity contribution in [2.75, 3.05) is 26.3 Å². The Balaban J connectivity index is 2.73. The van der Waals surface area contributed by atoms with Crippen LogP contribution in [-0.4, -0.2) is 37.1 Å². The van der Waals surface area contributed by atoms with Gasteiger partial charge in [0.2, 0.25) is 0 Å². The summed E-state index contributed by atoms with van der Waals surface area (Å²) >= 11 is 0. The van der Waals surface area contributed by atoms with E-state index in [1.165, 1.54) is 0 Å². The first-order chi connectivity index (χ1) is 7.69. The summed E-state index contributed by atoms with van der Waals surface area (Å²) in [7, 11) is 0. The Morgan fingerprint density at radius 2 is 2.00 bits per heavy atom. The summed E-state index contributed by atoms with van der Waals surface area (Å²) in [5, 5.41) is 0. The first-order valence-electron chi connectivity index (χ1n) is 5.53. The minimum atomic E-state index is 0.0759. The SMILES string of the molecule is C=C/C(C)=C\C(=C/C)C(=O)N1CCOCC1. The maximum atomic E-state index is 12.1. The lowest BCUT2D eigenvalue weighted by Gasteiger charge is -2.27. The molecule has 0 atom stereocenters. The molecule has 3 nitrogen and oxygen atoms in total. The number of carbonyl (C=O) groups excluding carboxylic acids is 1. The summed E-state index contributed by atoms with van der Waals surface area (Å²) in [5.41, 5.74) is 1.72. The zero-order valence-corrected chi connectivity index (χ0v) is 10.0. The van der Waals surface area contributed by atoms with E-state index >= 15 is 0 Å². The van der Waals surface area contributed by atoms with Gasteiger partial charge in [0.25, 0.3) is 5.91 Å². The summed E-state index contributed by atoms with van der Waals surface area (Å²) in [4.78, 5) is 13.9. The van der Waals surface area contributed by atoms with Gasteiger partial charge in [-0.2, -0.15) is 0 Å². The second-order valence-corrected chi connectivity index (χ2v) is 3.74. The van der Waals surface area contributed by atoms with Gasteiger partial charge in [-0.05, 0) is 19.9 Å². The largest absolute Gasteiger partial charge is 0.378 e. The third-order valence-corrected chi connectivity index (χ3v) is 2.56. The molecule has 0 spiro atoms. The fourth-order valence-electron chi connectivity index (χ4n) is 1.52. The third kappa shape index (κ3) is 3.35. The van der Waals surface area contributed by atoms with E-state index in [4.69, 9.17) is 4.74 Å². The fourth-order valence-corrected chi connectivity index (χ4v) is 1.52. The lowest BCUT2D eigenvalue weighted by molar-refractivity contribution is -0.130.